The van der Waals surface area contributed by atoms with E-state index in [0.29, 0.717) is 12.1 Å². The summed E-state index contributed by atoms with van der Waals surface area (Å²) >= 11 is 0. The van der Waals surface area contributed by atoms with E-state index in [1.807, 2.05) is 24.3 Å². The van der Waals surface area contributed by atoms with Gasteiger partial charge in [0.25, 0.3) is 5.91 Å². The summed E-state index contributed by atoms with van der Waals surface area (Å²) in [5.74, 6) is 0.807. The lowest BCUT2D eigenvalue weighted by atomic mass is 10.1. The minimum atomic E-state index is -0.0536. The number of carbonyl (C=O) groups excluding carboxylic acids is 1. The maximum absolute atomic E-state index is 11.8. The van der Waals surface area contributed by atoms with Crippen LogP contribution in [0.4, 0.5) is 0 Å². The van der Waals surface area contributed by atoms with Crippen molar-refractivity contribution in [3.8, 4) is 5.75 Å². The van der Waals surface area contributed by atoms with Crippen LogP contribution in [0, 0.1) is 0 Å². The standard InChI is InChI=1S/C16H18N2O2/c1-20-15-6-4-13(5-7-15)3-2-10-18-16(19)14-8-11-17-12-9-14/h4-9,11-12H,2-3,10H2,1H3,(H,18,19). The third-order valence-corrected chi connectivity index (χ3v) is 3.03. The molecule has 0 unspecified atom stereocenters. The molecule has 0 spiro atoms. The second-order valence-electron chi connectivity index (χ2n) is 4.44. The quantitative estimate of drug-likeness (QED) is 0.820. The van der Waals surface area contributed by atoms with Crippen LogP contribution in [0.5, 0.6) is 5.75 Å². The topological polar surface area (TPSA) is 51.2 Å². The molecular weight excluding hydrogens is 252 g/mol. The monoisotopic (exact) mass is 270 g/mol. The van der Waals surface area contributed by atoms with Crippen LogP contribution in [0.3, 0.4) is 0 Å². The molecule has 2 aromatic rings. The first kappa shape index (κ1) is 14.1. The van der Waals surface area contributed by atoms with Gasteiger partial charge in [-0.1, -0.05) is 12.1 Å². The zero-order chi connectivity index (χ0) is 14.2. The number of methoxy groups -OCH3 is 1. The van der Waals surface area contributed by atoms with E-state index in [1.54, 1.807) is 31.6 Å². The predicted molar refractivity (Wildman–Crippen MR) is 77.9 cm³/mol. The number of nitrogens with zero attached hydrogens (tertiary/aromatic N) is 1. The number of hydrogen-bond acceptors (Lipinski definition) is 3. The van der Waals surface area contributed by atoms with E-state index in [4.69, 9.17) is 4.74 Å². The van der Waals surface area contributed by atoms with Gasteiger partial charge >= 0.3 is 0 Å². The lowest BCUT2D eigenvalue weighted by molar-refractivity contribution is 0.0953. The van der Waals surface area contributed by atoms with Crippen molar-refractivity contribution in [3.05, 3.63) is 59.9 Å². The normalized spacial score (nSPS) is 10.1. The summed E-state index contributed by atoms with van der Waals surface area (Å²) in [6.45, 7) is 0.660. The molecule has 1 heterocycles. The van der Waals surface area contributed by atoms with Crippen molar-refractivity contribution < 1.29 is 9.53 Å². The molecule has 4 nitrogen and oxygen atoms in total. The number of aromatic nitrogens is 1. The molecule has 0 saturated heterocycles. The molecule has 0 saturated carbocycles. The molecule has 0 radical (unpaired) electrons. The lowest BCUT2D eigenvalue weighted by Gasteiger charge is -2.06. The third-order valence-electron chi connectivity index (χ3n) is 3.03. The fourth-order valence-corrected chi connectivity index (χ4v) is 1.89. The van der Waals surface area contributed by atoms with Gasteiger partial charge in [0.2, 0.25) is 0 Å². The van der Waals surface area contributed by atoms with E-state index in [9.17, 15) is 4.79 Å². The Morgan fingerprint density at radius 3 is 2.50 bits per heavy atom. The van der Waals surface area contributed by atoms with E-state index in [0.717, 1.165) is 18.6 Å². The molecule has 20 heavy (non-hydrogen) atoms. The molecule has 1 aromatic heterocycles. The number of hydrogen-bond donors (Lipinski definition) is 1. The molecule has 2 rings (SSSR count). The Kier molecular flexibility index (Phi) is 5.12. The van der Waals surface area contributed by atoms with Crippen molar-refractivity contribution in [3.63, 3.8) is 0 Å². The molecule has 0 aliphatic heterocycles. The molecule has 1 aromatic carbocycles. The fourth-order valence-electron chi connectivity index (χ4n) is 1.89. The van der Waals surface area contributed by atoms with Crippen molar-refractivity contribution in [2.75, 3.05) is 13.7 Å². The van der Waals surface area contributed by atoms with Gasteiger partial charge in [-0.2, -0.15) is 0 Å². The van der Waals surface area contributed by atoms with E-state index in [2.05, 4.69) is 10.3 Å². The highest BCUT2D eigenvalue weighted by molar-refractivity contribution is 5.93. The third kappa shape index (κ3) is 4.09. The summed E-state index contributed by atoms with van der Waals surface area (Å²) in [7, 11) is 1.66. The number of pyridine rings is 1. The van der Waals surface area contributed by atoms with Crippen molar-refractivity contribution in [1.29, 1.82) is 0 Å². The number of benzene rings is 1. The smallest absolute Gasteiger partial charge is 0.251 e. The Morgan fingerprint density at radius 2 is 1.85 bits per heavy atom. The molecule has 0 aliphatic rings. The van der Waals surface area contributed by atoms with E-state index < -0.39 is 0 Å². The van der Waals surface area contributed by atoms with E-state index >= 15 is 0 Å². The first-order valence-corrected chi connectivity index (χ1v) is 6.61. The van der Waals surface area contributed by atoms with Gasteiger partial charge in [0.05, 0.1) is 7.11 Å². The molecule has 0 aliphatic carbocycles. The first-order chi connectivity index (χ1) is 9.79. The number of carbonyl (C=O) groups is 1. The predicted octanol–water partition coefficient (Wildman–Crippen LogP) is 2.45. The summed E-state index contributed by atoms with van der Waals surface area (Å²) in [5.41, 5.74) is 1.88. The summed E-state index contributed by atoms with van der Waals surface area (Å²) < 4.78 is 5.11. The minimum Gasteiger partial charge on any atom is -0.497 e. The summed E-state index contributed by atoms with van der Waals surface area (Å²) in [6, 6.07) is 11.4. The SMILES string of the molecule is COc1ccc(CCCNC(=O)c2ccncc2)cc1. The van der Waals surface area contributed by atoms with Crippen LogP contribution in [-0.4, -0.2) is 24.5 Å². The van der Waals surface area contributed by atoms with Gasteiger partial charge in [-0.05, 0) is 42.7 Å². The van der Waals surface area contributed by atoms with Crippen LogP contribution in [-0.2, 0) is 6.42 Å². The Morgan fingerprint density at radius 1 is 1.15 bits per heavy atom. The number of nitrogens with one attached hydrogen (secondary N) is 1. The molecule has 0 fully saturated rings. The average Bonchev–Trinajstić information content (AvgIpc) is 2.53. The first-order valence-electron chi connectivity index (χ1n) is 6.61. The zero-order valence-electron chi connectivity index (χ0n) is 11.5. The highest BCUT2D eigenvalue weighted by atomic mass is 16.5. The largest absolute Gasteiger partial charge is 0.497 e. The number of aryl methyl sites for hydroxylation is 1. The molecule has 0 atom stereocenters. The highest BCUT2D eigenvalue weighted by Gasteiger charge is 2.03. The van der Waals surface area contributed by atoms with Crippen LogP contribution in [0.25, 0.3) is 0 Å². The number of rotatable bonds is 6. The number of ether oxygens (including phenoxy) is 1. The minimum absolute atomic E-state index is 0.0536. The number of amides is 1. The second kappa shape index (κ2) is 7.28. The Labute approximate surface area is 118 Å². The van der Waals surface area contributed by atoms with Crippen LogP contribution in [0.1, 0.15) is 22.3 Å². The van der Waals surface area contributed by atoms with Crippen LogP contribution >= 0.6 is 0 Å². The van der Waals surface area contributed by atoms with Gasteiger partial charge in [0.1, 0.15) is 5.75 Å². The van der Waals surface area contributed by atoms with Crippen molar-refractivity contribution in [1.82, 2.24) is 10.3 Å². The Hall–Kier alpha value is -2.36. The van der Waals surface area contributed by atoms with Crippen molar-refractivity contribution in [2.45, 2.75) is 12.8 Å². The van der Waals surface area contributed by atoms with Gasteiger partial charge in [0.15, 0.2) is 0 Å². The zero-order valence-corrected chi connectivity index (χ0v) is 11.5. The summed E-state index contributed by atoms with van der Waals surface area (Å²) in [6.07, 6.45) is 5.07. The van der Waals surface area contributed by atoms with Crippen molar-refractivity contribution >= 4 is 5.91 Å². The fraction of sp³-hybridized carbons (Fsp3) is 0.250. The molecule has 104 valence electrons. The van der Waals surface area contributed by atoms with E-state index in [-0.39, 0.29) is 5.91 Å². The van der Waals surface area contributed by atoms with Gasteiger partial charge in [-0.3, -0.25) is 9.78 Å². The van der Waals surface area contributed by atoms with Gasteiger partial charge in [-0.25, -0.2) is 0 Å². The highest BCUT2D eigenvalue weighted by Crippen LogP contribution is 2.12. The summed E-state index contributed by atoms with van der Waals surface area (Å²) in [5, 5.41) is 2.90. The molecule has 0 bridgehead atoms. The molecule has 4 heteroatoms. The van der Waals surface area contributed by atoms with E-state index in [1.165, 1.54) is 5.56 Å². The Bertz CT molecular complexity index is 538. The van der Waals surface area contributed by atoms with Gasteiger partial charge in [0, 0.05) is 24.5 Å². The van der Waals surface area contributed by atoms with Crippen molar-refractivity contribution in [2.24, 2.45) is 0 Å². The van der Waals surface area contributed by atoms with Crippen LogP contribution in [0.2, 0.25) is 0 Å². The molecular formula is C16H18N2O2. The van der Waals surface area contributed by atoms with Gasteiger partial charge in [-0.15, -0.1) is 0 Å². The average molecular weight is 270 g/mol. The van der Waals surface area contributed by atoms with Gasteiger partial charge < -0.3 is 10.1 Å². The molecule has 1 amide bonds. The maximum Gasteiger partial charge on any atom is 0.251 e. The Balaban J connectivity index is 1.72. The van der Waals surface area contributed by atoms with Crippen LogP contribution < -0.4 is 10.1 Å². The summed E-state index contributed by atoms with van der Waals surface area (Å²) in [4.78, 5) is 15.7. The van der Waals surface area contributed by atoms with Crippen LogP contribution in [0.15, 0.2) is 48.8 Å². The second-order valence-corrected chi connectivity index (χ2v) is 4.44. The maximum atomic E-state index is 11.8. The lowest BCUT2D eigenvalue weighted by Crippen LogP contribution is -2.24. The molecule has 1 N–H and O–H groups in total.